The average Bonchev–Trinajstić information content (AvgIpc) is 2.66. The summed E-state index contributed by atoms with van der Waals surface area (Å²) in [7, 11) is 0. The molecule has 1 fully saturated rings. The molecule has 0 radical (unpaired) electrons. The number of hydrogen-bond acceptors (Lipinski definition) is 2. The van der Waals surface area contributed by atoms with E-state index in [2.05, 4.69) is 41.8 Å². The summed E-state index contributed by atoms with van der Waals surface area (Å²) in [6, 6.07) is 20.6. The molecular formula is C22H29ClN2O. The van der Waals surface area contributed by atoms with Gasteiger partial charge in [0.2, 0.25) is 5.91 Å². The number of halogens is 1. The monoisotopic (exact) mass is 372 g/mol. The van der Waals surface area contributed by atoms with Crippen LogP contribution in [0.4, 0.5) is 0 Å². The lowest BCUT2D eigenvalue weighted by Crippen LogP contribution is -2.43. The van der Waals surface area contributed by atoms with Gasteiger partial charge in [0.25, 0.3) is 0 Å². The molecule has 1 saturated heterocycles. The summed E-state index contributed by atoms with van der Waals surface area (Å²) >= 11 is 0. The van der Waals surface area contributed by atoms with Gasteiger partial charge in [-0.2, -0.15) is 0 Å². The van der Waals surface area contributed by atoms with Crippen molar-refractivity contribution >= 4 is 18.3 Å². The van der Waals surface area contributed by atoms with Crippen molar-refractivity contribution in [1.29, 1.82) is 0 Å². The highest BCUT2D eigenvalue weighted by molar-refractivity contribution is 5.85. The molecule has 2 aromatic rings. The molecule has 1 amide bonds. The predicted molar refractivity (Wildman–Crippen MR) is 110 cm³/mol. The van der Waals surface area contributed by atoms with Gasteiger partial charge in [0.05, 0.1) is 0 Å². The van der Waals surface area contributed by atoms with E-state index in [1.165, 1.54) is 11.1 Å². The lowest BCUT2D eigenvalue weighted by atomic mass is 9.81. The van der Waals surface area contributed by atoms with E-state index in [0.29, 0.717) is 6.42 Å². The zero-order chi connectivity index (χ0) is 17.5. The normalized spacial score (nSPS) is 15.9. The molecular weight excluding hydrogens is 344 g/mol. The maximum atomic E-state index is 12.7. The van der Waals surface area contributed by atoms with E-state index in [4.69, 9.17) is 0 Å². The van der Waals surface area contributed by atoms with Crippen LogP contribution in [0.1, 0.15) is 43.2 Å². The molecule has 0 unspecified atom stereocenters. The number of benzene rings is 2. The predicted octanol–water partition coefficient (Wildman–Crippen LogP) is 4.14. The molecule has 2 N–H and O–H groups in total. The Morgan fingerprint density at radius 3 is 2.00 bits per heavy atom. The first-order valence-electron chi connectivity index (χ1n) is 9.24. The Balaban J connectivity index is 0.00000243. The van der Waals surface area contributed by atoms with E-state index in [9.17, 15) is 4.79 Å². The van der Waals surface area contributed by atoms with Crippen molar-refractivity contribution < 1.29 is 4.79 Å². The first-order valence-corrected chi connectivity index (χ1v) is 9.24. The summed E-state index contributed by atoms with van der Waals surface area (Å²) in [4.78, 5) is 12.7. The van der Waals surface area contributed by atoms with Crippen LogP contribution in [-0.4, -0.2) is 25.5 Å². The van der Waals surface area contributed by atoms with Gasteiger partial charge < -0.3 is 10.6 Å². The largest absolute Gasteiger partial charge is 0.356 e. The zero-order valence-electron chi connectivity index (χ0n) is 15.4. The molecule has 0 atom stereocenters. The summed E-state index contributed by atoms with van der Waals surface area (Å²) < 4.78 is 0. The van der Waals surface area contributed by atoms with E-state index in [0.717, 1.165) is 32.5 Å². The van der Waals surface area contributed by atoms with Crippen molar-refractivity contribution in [1.82, 2.24) is 10.6 Å². The molecule has 0 aromatic heterocycles. The fraction of sp³-hybridized carbons (Fsp3) is 0.409. The fourth-order valence-electron chi connectivity index (χ4n) is 3.58. The van der Waals surface area contributed by atoms with Crippen LogP contribution in [0.5, 0.6) is 0 Å². The Labute approximate surface area is 163 Å². The lowest BCUT2D eigenvalue weighted by Gasteiger charge is -2.34. The van der Waals surface area contributed by atoms with Crippen LogP contribution in [0.3, 0.4) is 0 Å². The Hall–Kier alpha value is -1.84. The van der Waals surface area contributed by atoms with Gasteiger partial charge in [0.1, 0.15) is 0 Å². The number of carbonyl (C=O) groups is 1. The first-order chi connectivity index (χ1) is 12.2. The van der Waals surface area contributed by atoms with Crippen LogP contribution in [0.25, 0.3) is 0 Å². The van der Waals surface area contributed by atoms with Crippen LogP contribution in [0.15, 0.2) is 60.7 Å². The molecule has 140 valence electrons. The smallest absolute Gasteiger partial charge is 0.220 e. The number of rotatable bonds is 6. The SMILES string of the molecule is CC1(CNC(=O)CC(c2ccccc2)c2ccccc2)CCNCC1.Cl. The second kappa shape index (κ2) is 9.75. The summed E-state index contributed by atoms with van der Waals surface area (Å²) in [6.07, 6.45) is 2.73. The highest BCUT2D eigenvalue weighted by Crippen LogP contribution is 2.29. The Kier molecular flexibility index (Phi) is 7.67. The molecule has 26 heavy (non-hydrogen) atoms. The van der Waals surface area contributed by atoms with Crippen molar-refractivity contribution in [3.63, 3.8) is 0 Å². The first kappa shape index (κ1) is 20.5. The number of carbonyl (C=O) groups excluding carboxylic acids is 1. The van der Waals surface area contributed by atoms with E-state index < -0.39 is 0 Å². The van der Waals surface area contributed by atoms with Gasteiger partial charge >= 0.3 is 0 Å². The van der Waals surface area contributed by atoms with Crippen molar-refractivity contribution in [2.24, 2.45) is 5.41 Å². The van der Waals surface area contributed by atoms with Crippen LogP contribution in [0, 0.1) is 5.41 Å². The molecule has 4 heteroatoms. The van der Waals surface area contributed by atoms with E-state index in [1.807, 2.05) is 36.4 Å². The maximum Gasteiger partial charge on any atom is 0.220 e. The minimum atomic E-state index is 0. The number of nitrogens with one attached hydrogen (secondary N) is 2. The summed E-state index contributed by atoms with van der Waals surface area (Å²) in [5.41, 5.74) is 2.60. The maximum absolute atomic E-state index is 12.7. The van der Waals surface area contributed by atoms with Crippen LogP contribution in [-0.2, 0) is 4.79 Å². The van der Waals surface area contributed by atoms with Crippen LogP contribution < -0.4 is 10.6 Å². The standard InChI is InChI=1S/C22H28N2O.ClH/c1-22(12-14-23-15-13-22)17-24-21(25)16-20(18-8-4-2-5-9-18)19-10-6-3-7-11-19;/h2-11,20,23H,12-17H2,1H3,(H,24,25);1H. The molecule has 3 rings (SSSR count). The zero-order valence-corrected chi connectivity index (χ0v) is 16.2. The third kappa shape index (κ3) is 5.58. The lowest BCUT2D eigenvalue weighted by molar-refractivity contribution is -0.121. The summed E-state index contributed by atoms with van der Waals surface area (Å²) in [5, 5.41) is 6.59. The Morgan fingerprint density at radius 1 is 1.00 bits per heavy atom. The molecule has 0 aliphatic carbocycles. The second-order valence-electron chi connectivity index (χ2n) is 7.42. The number of hydrogen-bond donors (Lipinski definition) is 2. The quantitative estimate of drug-likeness (QED) is 0.800. The van der Waals surface area contributed by atoms with Gasteiger partial charge in [0.15, 0.2) is 0 Å². The molecule has 0 spiro atoms. The van der Waals surface area contributed by atoms with Gasteiger partial charge in [-0.1, -0.05) is 67.6 Å². The van der Waals surface area contributed by atoms with Gasteiger partial charge in [-0.3, -0.25) is 4.79 Å². The number of amides is 1. The second-order valence-corrected chi connectivity index (χ2v) is 7.42. The van der Waals surface area contributed by atoms with Crippen LogP contribution >= 0.6 is 12.4 Å². The minimum Gasteiger partial charge on any atom is -0.356 e. The van der Waals surface area contributed by atoms with E-state index in [1.54, 1.807) is 0 Å². The number of piperidine rings is 1. The molecule has 0 saturated carbocycles. The molecule has 3 nitrogen and oxygen atoms in total. The molecule has 0 bridgehead atoms. The van der Waals surface area contributed by atoms with Crippen molar-refractivity contribution in [3.8, 4) is 0 Å². The molecule has 1 aliphatic heterocycles. The summed E-state index contributed by atoms with van der Waals surface area (Å²) in [6.45, 7) is 5.13. The van der Waals surface area contributed by atoms with Gasteiger partial charge in [-0.15, -0.1) is 12.4 Å². The van der Waals surface area contributed by atoms with Crippen molar-refractivity contribution in [2.45, 2.75) is 32.1 Å². The summed E-state index contributed by atoms with van der Waals surface area (Å²) in [5.74, 6) is 0.237. The van der Waals surface area contributed by atoms with Gasteiger partial charge in [-0.25, -0.2) is 0 Å². The molecule has 2 aromatic carbocycles. The minimum absolute atomic E-state index is 0. The fourth-order valence-corrected chi connectivity index (χ4v) is 3.58. The average molecular weight is 373 g/mol. The third-order valence-corrected chi connectivity index (χ3v) is 5.32. The third-order valence-electron chi connectivity index (χ3n) is 5.32. The van der Waals surface area contributed by atoms with Gasteiger partial charge in [0, 0.05) is 18.9 Å². The Morgan fingerprint density at radius 2 is 1.50 bits per heavy atom. The van der Waals surface area contributed by atoms with Crippen molar-refractivity contribution in [2.75, 3.05) is 19.6 Å². The van der Waals surface area contributed by atoms with Crippen molar-refractivity contribution in [3.05, 3.63) is 71.8 Å². The topological polar surface area (TPSA) is 41.1 Å². The Bertz CT molecular complexity index is 630. The van der Waals surface area contributed by atoms with E-state index >= 15 is 0 Å². The van der Waals surface area contributed by atoms with Gasteiger partial charge in [-0.05, 0) is 42.5 Å². The highest BCUT2D eigenvalue weighted by Gasteiger charge is 2.27. The van der Waals surface area contributed by atoms with Crippen LogP contribution in [0.2, 0.25) is 0 Å². The van der Waals surface area contributed by atoms with E-state index in [-0.39, 0.29) is 29.6 Å². The highest BCUT2D eigenvalue weighted by atomic mass is 35.5. The molecule has 1 aliphatic rings. The molecule has 1 heterocycles.